The Bertz CT molecular complexity index is 1010. The molecule has 0 spiro atoms. The molecule has 1 unspecified atom stereocenters. The number of benzene rings is 3. The van der Waals surface area contributed by atoms with E-state index in [0.29, 0.717) is 21.7 Å². The topological polar surface area (TPSA) is 34.1 Å². The average Bonchev–Trinajstić information content (AvgIpc) is 2.75. The lowest BCUT2D eigenvalue weighted by Gasteiger charge is -2.16. The number of alkyl halides is 1. The standard InChI is InChI=1S/C23H15Cl3O2/c24-18-13-11-15(12-14-18)19(20(25)22(27)16-7-3-1-4-8-16)21(26)23(28)17-9-5-2-6-10-17/h1-14,20H/b21-19+. The zero-order valence-electron chi connectivity index (χ0n) is 14.6. The number of hydrogen-bond acceptors (Lipinski definition) is 2. The summed E-state index contributed by atoms with van der Waals surface area (Å²) in [7, 11) is 0. The van der Waals surface area contributed by atoms with Gasteiger partial charge in [0.25, 0.3) is 0 Å². The first kappa shape index (κ1) is 20.3. The van der Waals surface area contributed by atoms with Gasteiger partial charge in [0, 0.05) is 21.7 Å². The van der Waals surface area contributed by atoms with Crippen molar-refractivity contribution in [2.45, 2.75) is 5.38 Å². The summed E-state index contributed by atoms with van der Waals surface area (Å²) in [5, 5.41) is -0.712. The highest BCUT2D eigenvalue weighted by atomic mass is 35.5. The molecule has 0 radical (unpaired) electrons. The van der Waals surface area contributed by atoms with Crippen molar-refractivity contribution in [3.05, 3.63) is 112 Å². The van der Waals surface area contributed by atoms with Crippen molar-refractivity contribution in [2.75, 3.05) is 0 Å². The number of Topliss-reactive ketones (excluding diaryl/α,β-unsaturated/α-hetero) is 2. The van der Waals surface area contributed by atoms with Gasteiger partial charge in [-0.1, -0.05) is 96.0 Å². The van der Waals surface area contributed by atoms with E-state index in [1.165, 1.54) is 0 Å². The van der Waals surface area contributed by atoms with Crippen LogP contribution in [0.3, 0.4) is 0 Å². The van der Waals surface area contributed by atoms with Crippen LogP contribution in [0.1, 0.15) is 26.3 Å². The first-order valence-corrected chi connectivity index (χ1v) is 9.67. The average molecular weight is 430 g/mol. The summed E-state index contributed by atoms with van der Waals surface area (Å²) >= 11 is 19.0. The van der Waals surface area contributed by atoms with E-state index < -0.39 is 11.2 Å². The summed E-state index contributed by atoms with van der Waals surface area (Å²) in [5.41, 5.74) is 1.66. The van der Waals surface area contributed by atoms with E-state index in [9.17, 15) is 9.59 Å². The van der Waals surface area contributed by atoms with E-state index in [4.69, 9.17) is 34.8 Å². The van der Waals surface area contributed by atoms with Gasteiger partial charge in [-0.3, -0.25) is 9.59 Å². The highest BCUT2D eigenvalue weighted by Crippen LogP contribution is 2.33. The molecule has 5 heteroatoms. The van der Waals surface area contributed by atoms with Gasteiger partial charge in [-0.05, 0) is 17.7 Å². The van der Waals surface area contributed by atoms with Gasteiger partial charge in [-0.15, -0.1) is 11.6 Å². The molecule has 0 saturated carbocycles. The molecular weight excluding hydrogens is 415 g/mol. The normalized spacial score (nSPS) is 12.8. The molecule has 140 valence electrons. The van der Waals surface area contributed by atoms with E-state index in [1.807, 2.05) is 6.07 Å². The maximum atomic E-state index is 12.9. The second-order valence-corrected chi connectivity index (χ2v) is 7.27. The number of carbonyl (C=O) groups excluding carboxylic acids is 2. The van der Waals surface area contributed by atoms with Crippen LogP contribution in [0, 0.1) is 0 Å². The number of rotatable bonds is 6. The van der Waals surface area contributed by atoms with Crippen LogP contribution in [0.4, 0.5) is 0 Å². The second kappa shape index (κ2) is 9.20. The zero-order valence-corrected chi connectivity index (χ0v) is 16.9. The maximum Gasteiger partial charge on any atom is 0.204 e. The van der Waals surface area contributed by atoms with Crippen LogP contribution >= 0.6 is 34.8 Å². The van der Waals surface area contributed by atoms with Gasteiger partial charge in [0.1, 0.15) is 5.38 Å². The first-order chi connectivity index (χ1) is 13.5. The van der Waals surface area contributed by atoms with Crippen LogP contribution in [-0.2, 0) is 0 Å². The SMILES string of the molecule is O=C(/C(Cl)=C(/c1ccc(Cl)cc1)C(Cl)C(=O)c1ccccc1)c1ccccc1. The van der Waals surface area contributed by atoms with Crippen molar-refractivity contribution in [1.82, 2.24) is 0 Å². The number of hydrogen-bond donors (Lipinski definition) is 0. The third-order valence-corrected chi connectivity index (χ3v) is 5.21. The highest BCUT2D eigenvalue weighted by molar-refractivity contribution is 6.51. The molecule has 2 nitrogen and oxygen atoms in total. The summed E-state index contributed by atoms with van der Waals surface area (Å²) in [6.45, 7) is 0. The fourth-order valence-electron chi connectivity index (χ4n) is 2.73. The lowest BCUT2D eigenvalue weighted by Crippen LogP contribution is -2.19. The number of halogens is 3. The molecule has 3 aromatic carbocycles. The number of carbonyl (C=O) groups is 2. The molecule has 0 amide bonds. The van der Waals surface area contributed by atoms with E-state index in [2.05, 4.69) is 0 Å². The Morgan fingerprint density at radius 1 is 0.679 bits per heavy atom. The van der Waals surface area contributed by atoms with Gasteiger partial charge in [-0.2, -0.15) is 0 Å². The minimum absolute atomic E-state index is 0.0993. The molecule has 0 N–H and O–H groups in total. The molecule has 0 bridgehead atoms. The van der Waals surface area contributed by atoms with E-state index in [0.717, 1.165) is 0 Å². The molecule has 0 saturated heterocycles. The Labute approximate surface area is 178 Å². The molecule has 0 aromatic heterocycles. The van der Waals surface area contributed by atoms with Gasteiger partial charge in [0.15, 0.2) is 5.78 Å². The van der Waals surface area contributed by atoms with Gasteiger partial charge in [-0.25, -0.2) is 0 Å². The van der Waals surface area contributed by atoms with Crippen LogP contribution < -0.4 is 0 Å². The van der Waals surface area contributed by atoms with Crippen LogP contribution in [0.5, 0.6) is 0 Å². The lowest BCUT2D eigenvalue weighted by atomic mass is 9.94. The van der Waals surface area contributed by atoms with Crippen molar-refractivity contribution in [2.24, 2.45) is 0 Å². The summed E-state index contributed by atoms with van der Waals surface area (Å²) in [5.74, 6) is -0.745. The van der Waals surface area contributed by atoms with Crippen LogP contribution in [0.2, 0.25) is 5.02 Å². The molecule has 3 rings (SSSR count). The smallest absolute Gasteiger partial charge is 0.204 e. The fourth-order valence-corrected chi connectivity index (χ4v) is 3.60. The molecule has 0 aliphatic carbocycles. The fraction of sp³-hybridized carbons (Fsp3) is 0.0435. The third-order valence-electron chi connectivity index (χ3n) is 4.17. The Kier molecular flexibility index (Phi) is 6.69. The Hall–Kier alpha value is -2.39. The Morgan fingerprint density at radius 3 is 1.71 bits per heavy atom. The molecule has 0 aliphatic heterocycles. The third kappa shape index (κ3) is 4.53. The van der Waals surface area contributed by atoms with E-state index >= 15 is 0 Å². The second-order valence-electron chi connectivity index (χ2n) is 6.02. The number of allylic oxidation sites excluding steroid dienone is 2. The van der Waals surface area contributed by atoms with Crippen LogP contribution in [0.25, 0.3) is 5.57 Å². The Balaban J connectivity index is 2.10. The van der Waals surface area contributed by atoms with E-state index in [-0.39, 0.29) is 16.4 Å². The number of ketones is 2. The molecule has 3 aromatic rings. The highest BCUT2D eigenvalue weighted by Gasteiger charge is 2.28. The Morgan fingerprint density at radius 2 is 1.18 bits per heavy atom. The van der Waals surface area contributed by atoms with Gasteiger partial charge >= 0.3 is 0 Å². The lowest BCUT2D eigenvalue weighted by molar-refractivity contribution is 0.100. The minimum atomic E-state index is -1.14. The molecule has 0 fully saturated rings. The monoisotopic (exact) mass is 428 g/mol. The zero-order chi connectivity index (χ0) is 20.1. The summed E-state index contributed by atoms with van der Waals surface area (Å²) in [6, 6.07) is 23.9. The molecule has 0 aliphatic rings. The van der Waals surface area contributed by atoms with Gasteiger partial charge in [0.05, 0.1) is 5.03 Å². The van der Waals surface area contributed by atoms with Crippen molar-refractivity contribution < 1.29 is 9.59 Å². The molecule has 1 atom stereocenters. The van der Waals surface area contributed by atoms with E-state index in [1.54, 1.807) is 78.9 Å². The van der Waals surface area contributed by atoms with Crippen LogP contribution in [-0.4, -0.2) is 16.9 Å². The van der Waals surface area contributed by atoms with Crippen molar-refractivity contribution in [3.8, 4) is 0 Å². The quantitative estimate of drug-likeness (QED) is 0.249. The summed E-state index contributed by atoms with van der Waals surface area (Å²) < 4.78 is 0. The van der Waals surface area contributed by atoms with Crippen molar-refractivity contribution in [3.63, 3.8) is 0 Å². The maximum absolute atomic E-state index is 12.9. The predicted molar refractivity (Wildman–Crippen MR) is 115 cm³/mol. The first-order valence-electron chi connectivity index (χ1n) is 8.47. The largest absolute Gasteiger partial charge is 0.292 e. The van der Waals surface area contributed by atoms with Gasteiger partial charge < -0.3 is 0 Å². The predicted octanol–water partition coefficient (Wildman–Crippen LogP) is 6.66. The molecular formula is C23H15Cl3O2. The van der Waals surface area contributed by atoms with Crippen LogP contribution in [0.15, 0.2) is 90.0 Å². The van der Waals surface area contributed by atoms with Gasteiger partial charge in [0.2, 0.25) is 5.78 Å². The van der Waals surface area contributed by atoms with Crippen molar-refractivity contribution >= 4 is 51.9 Å². The molecule has 28 heavy (non-hydrogen) atoms. The molecule has 0 heterocycles. The summed E-state index contributed by atoms with van der Waals surface area (Å²) in [6.07, 6.45) is 0. The summed E-state index contributed by atoms with van der Waals surface area (Å²) in [4.78, 5) is 25.8. The van der Waals surface area contributed by atoms with Crippen molar-refractivity contribution in [1.29, 1.82) is 0 Å². The minimum Gasteiger partial charge on any atom is -0.292 e.